The number of hydrogen-bond donors (Lipinski definition) is 2. The number of carbonyl (C=O) groups is 1. The Balaban J connectivity index is 0.00000316. The highest BCUT2D eigenvalue weighted by Crippen LogP contribution is 2.38. The van der Waals surface area contributed by atoms with Crippen molar-refractivity contribution in [2.75, 3.05) is 5.32 Å². The van der Waals surface area contributed by atoms with Gasteiger partial charge in [0.1, 0.15) is 25.7 Å². The van der Waals surface area contributed by atoms with Crippen molar-refractivity contribution >= 4 is 75.9 Å². The summed E-state index contributed by atoms with van der Waals surface area (Å²) >= 11 is 2.70. The van der Waals surface area contributed by atoms with Crippen molar-refractivity contribution in [2.24, 2.45) is 0 Å². The van der Waals surface area contributed by atoms with Crippen LogP contribution in [0.5, 0.6) is 0 Å². The topological polar surface area (TPSA) is 175 Å². The summed E-state index contributed by atoms with van der Waals surface area (Å²) in [7, 11) is -4.64. The van der Waals surface area contributed by atoms with Gasteiger partial charge in [-0.2, -0.15) is 0 Å². The Morgan fingerprint density at radius 1 is 0.857 bits per heavy atom. The van der Waals surface area contributed by atoms with Crippen LogP contribution in [0.15, 0.2) is 88.5 Å². The number of nitrogens with one attached hydrogen (secondary N) is 1. The largest absolute Gasteiger partial charge is 0.744 e. The van der Waals surface area contributed by atoms with Gasteiger partial charge in [0.05, 0.1) is 25.3 Å². The summed E-state index contributed by atoms with van der Waals surface area (Å²) in [5, 5.41) is 4.32. The fourth-order valence-electron chi connectivity index (χ4n) is 4.58. The molecule has 0 saturated carbocycles. The number of amides is 1. The molecule has 1 amide bonds. The quantitative estimate of drug-likeness (QED) is 0.191. The van der Waals surface area contributed by atoms with E-state index in [1.165, 1.54) is 29.1 Å². The number of oxazole rings is 1. The van der Waals surface area contributed by atoms with E-state index in [1.807, 2.05) is 42.5 Å². The molecule has 7 rings (SSSR count). The molecule has 0 aliphatic carbocycles. The summed E-state index contributed by atoms with van der Waals surface area (Å²) in [5.41, 5.74) is 5.74. The van der Waals surface area contributed by atoms with E-state index in [0.29, 0.717) is 43.1 Å². The lowest BCUT2D eigenvalue weighted by atomic mass is 10.1. The summed E-state index contributed by atoms with van der Waals surface area (Å²) in [6, 6.07) is 21.6. The standard InChI is InChI=1S/C29H18N4O5S3.H3N/c1-15-2-9-22-25(26(15)41(35,36)37)40-29(33-22)18-6-11-21-24(13-18)39-28(32-21)16-3-7-19(8-4-16)31-27(34)17-5-10-20-23(12-17)38-14-30-20;/h2-14H,1H3,(H,31,34)(H,35,36,37);1H3. The van der Waals surface area contributed by atoms with Crippen LogP contribution in [-0.2, 0) is 10.1 Å². The van der Waals surface area contributed by atoms with E-state index >= 15 is 0 Å². The van der Waals surface area contributed by atoms with Gasteiger partial charge in [-0.05, 0) is 79.2 Å². The highest BCUT2D eigenvalue weighted by atomic mass is 32.2. The molecular weight excluding hydrogens is 595 g/mol. The number of benzene rings is 4. The van der Waals surface area contributed by atoms with Crippen LogP contribution in [0.3, 0.4) is 0 Å². The first-order chi connectivity index (χ1) is 19.7. The van der Waals surface area contributed by atoms with Gasteiger partial charge in [0.15, 0.2) is 12.0 Å². The molecule has 0 atom stereocenters. The Morgan fingerprint density at radius 3 is 2.33 bits per heavy atom. The Bertz CT molecular complexity index is 2250. The number of fused-ring (bicyclic) bond motifs is 3. The molecule has 0 aliphatic rings. The molecule has 13 heteroatoms. The number of carbonyl (C=O) groups excluding carboxylic acids is 1. The molecule has 0 spiro atoms. The van der Waals surface area contributed by atoms with Gasteiger partial charge in [0, 0.05) is 22.4 Å². The highest BCUT2D eigenvalue weighted by Gasteiger charge is 2.17. The van der Waals surface area contributed by atoms with Crippen LogP contribution in [0.1, 0.15) is 15.9 Å². The van der Waals surface area contributed by atoms with Gasteiger partial charge >= 0.3 is 0 Å². The second-order valence-electron chi connectivity index (χ2n) is 9.30. The van der Waals surface area contributed by atoms with Crippen LogP contribution in [0.25, 0.3) is 52.7 Å². The highest BCUT2D eigenvalue weighted by molar-refractivity contribution is 7.86. The van der Waals surface area contributed by atoms with Crippen molar-refractivity contribution in [1.29, 1.82) is 0 Å². The lowest BCUT2D eigenvalue weighted by Gasteiger charge is -2.10. The number of anilines is 1. The van der Waals surface area contributed by atoms with E-state index in [-0.39, 0.29) is 17.0 Å². The Labute approximate surface area is 247 Å². The second-order valence-corrected chi connectivity index (χ2v) is 12.6. The van der Waals surface area contributed by atoms with Crippen molar-refractivity contribution in [3.63, 3.8) is 0 Å². The van der Waals surface area contributed by atoms with Crippen molar-refractivity contribution in [3.05, 3.63) is 90.3 Å². The van der Waals surface area contributed by atoms with Crippen LogP contribution in [0.2, 0.25) is 0 Å². The molecule has 0 fully saturated rings. The Hall–Kier alpha value is -4.53. The summed E-state index contributed by atoms with van der Waals surface area (Å²) < 4.78 is 42.3. The molecule has 0 radical (unpaired) electrons. The molecule has 4 aromatic carbocycles. The van der Waals surface area contributed by atoms with Gasteiger partial charge in [0.2, 0.25) is 0 Å². The first kappa shape index (κ1) is 27.6. The molecule has 5 N–H and O–H groups in total. The number of thiazole rings is 2. The summed E-state index contributed by atoms with van der Waals surface area (Å²) in [4.78, 5) is 25.9. The van der Waals surface area contributed by atoms with Crippen molar-refractivity contribution < 1.29 is 22.2 Å². The average molecular weight is 616 g/mol. The van der Waals surface area contributed by atoms with Gasteiger partial charge in [-0.25, -0.2) is 23.4 Å². The van der Waals surface area contributed by atoms with Crippen molar-refractivity contribution in [1.82, 2.24) is 21.1 Å². The molecular formula is C29H21N5O5S3. The Morgan fingerprint density at radius 2 is 1.55 bits per heavy atom. The second kappa shape index (κ2) is 10.4. The molecule has 10 nitrogen and oxygen atoms in total. The SMILES string of the molecule is Cc1ccc2nc(-c3ccc4nc(-c5ccc(NC(=O)c6ccc7ncoc7c6)cc5)sc4c3)sc2c1S(=O)(=O)[O-].[NH4+]. The normalized spacial score (nSPS) is 11.7. The van der Waals surface area contributed by atoms with Crippen LogP contribution in [-0.4, -0.2) is 33.8 Å². The molecule has 3 aromatic heterocycles. The molecule has 210 valence electrons. The summed E-state index contributed by atoms with van der Waals surface area (Å²) in [6.07, 6.45) is 1.34. The molecule has 0 bridgehead atoms. The van der Waals surface area contributed by atoms with E-state index in [0.717, 1.165) is 26.4 Å². The van der Waals surface area contributed by atoms with Gasteiger partial charge in [0.25, 0.3) is 5.91 Å². The molecule has 0 unspecified atom stereocenters. The zero-order chi connectivity index (χ0) is 28.3. The van der Waals surface area contributed by atoms with E-state index in [2.05, 4.69) is 15.3 Å². The number of rotatable bonds is 5. The fraction of sp³-hybridized carbons (Fsp3) is 0.0345. The van der Waals surface area contributed by atoms with Gasteiger partial charge in [-0.3, -0.25) is 4.79 Å². The fourth-order valence-corrected chi connectivity index (χ4v) is 7.87. The minimum atomic E-state index is -4.64. The maximum absolute atomic E-state index is 12.7. The van der Waals surface area contributed by atoms with Crippen molar-refractivity contribution in [3.8, 4) is 21.1 Å². The molecule has 3 heterocycles. The molecule has 42 heavy (non-hydrogen) atoms. The number of hydrogen-bond acceptors (Lipinski definition) is 10. The third kappa shape index (κ3) is 4.93. The third-order valence-corrected chi connectivity index (χ3v) is 9.94. The van der Waals surface area contributed by atoms with Gasteiger partial charge in [-0.1, -0.05) is 6.07 Å². The van der Waals surface area contributed by atoms with Crippen LogP contribution >= 0.6 is 22.7 Å². The zero-order valence-electron chi connectivity index (χ0n) is 22.1. The zero-order valence-corrected chi connectivity index (χ0v) is 24.6. The van der Waals surface area contributed by atoms with Crippen molar-refractivity contribution in [2.45, 2.75) is 11.8 Å². The number of aromatic nitrogens is 3. The lowest BCUT2D eigenvalue weighted by molar-refractivity contribution is 0.102. The lowest BCUT2D eigenvalue weighted by Crippen LogP contribution is -2.11. The molecule has 0 aliphatic heterocycles. The molecule has 7 aromatic rings. The number of aryl methyl sites for hydroxylation is 1. The van der Waals surface area contributed by atoms with Gasteiger partial charge in [-0.15, -0.1) is 22.7 Å². The van der Waals surface area contributed by atoms with E-state index in [4.69, 9.17) is 9.40 Å². The monoisotopic (exact) mass is 615 g/mol. The van der Waals surface area contributed by atoms with Crippen LogP contribution in [0, 0.1) is 6.92 Å². The number of nitrogens with zero attached hydrogens (tertiary/aromatic N) is 3. The van der Waals surface area contributed by atoms with Crippen LogP contribution in [0.4, 0.5) is 5.69 Å². The van der Waals surface area contributed by atoms with E-state index in [9.17, 15) is 17.8 Å². The minimum absolute atomic E-state index is 0. The smallest absolute Gasteiger partial charge is 0.255 e. The third-order valence-electron chi connectivity index (χ3n) is 6.58. The first-order valence-electron chi connectivity index (χ1n) is 12.2. The maximum Gasteiger partial charge on any atom is 0.255 e. The Kier molecular flexibility index (Phi) is 6.83. The van der Waals surface area contributed by atoms with E-state index in [1.54, 1.807) is 37.3 Å². The summed E-state index contributed by atoms with van der Waals surface area (Å²) in [5.74, 6) is -0.256. The predicted molar refractivity (Wildman–Crippen MR) is 164 cm³/mol. The van der Waals surface area contributed by atoms with Crippen LogP contribution < -0.4 is 11.5 Å². The minimum Gasteiger partial charge on any atom is -0.744 e. The number of quaternary nitrogens is 1. The average Bonchev–Trinajstić information content (AvgIpc) is 3.69. The van der Waals surface area contributed by atoms with Gasteiger partial charge < -0.3 is 20.4 Å². The van der Waals surface area contributed by atoms with E-state index < -0.39 is 10.1 Å². The summed E-state index contributed by atoms with van der Waals surface area (Å²) in [6.45, 7) is 1.61. The maximum atomic E-state index is 12.7. The molecule has 0 saturated heterocycles. The first-order valence-corrected chi connectivity index (χ1v) is 15.3. The predicted octanol–water partition coefficient (Wildman–Crippen LogP) is 7.22.